The Kier molecular flexibility index (Phi) is 5.02. The van der Waals surface area contributed by atoms with Gasteiger partial charge in [0, 0.05) is 22.4 Å². The Labute approximate surface area is 190 Å². The molecule has 1 N–H and O–H groups in total. The fourth-order valence-electron chi connectivity index (χ4n) is 3.97. The van der Waals surface area contributed by atoms with Crippen molar-refractivity contribution in [1.82, 2.24) is 14.8 Å². The maximum Gasteiger partial charge on any atom is 0.226 e. The Morgan fingerprint density at radius 1 is 1.32 bits per heavy atom. The normalized spacial score (nSPS) is 15.7. The molecule has 1 amide bonds. The van der Waals surface area contributed by atoms with Gasteiger partial charge in [-0.25, -0.2) is 9.37 Å². The van der Waals surface area contributed by atoms with E-state index in [-0.39, 0.29) is 18.1 Å². The lowest BCUT2D eigenvalue weighted by molar-refractivity contribution is -0.116. The lowest BCUT2D eigenvalue weighted by atomic mass is 9.85. The van der Waals surface area contributed by atoms with Crippen LogP contribution in [0.5, 0.6) is 5.75 Å². The lowest BCUT2D eigenvalue weighted by Crippen LogP contribution is -2.25. The average Bonchev–Trinajstić information content (AvgIpc) is 3.30. The van der Waals surface area contributed by atoms with Gasteiger partial charge in [-0.05, 0) is 55.8 Å². The summed E-state index contributed by atoms with van der Waals surface area (Å²) < 4.78 is 23.6. The van der Waals surface area contributed by atoms with Crippen molar-refractivity contribution in [2.24, 2.45) is 0 Å². The predicted octanol–water partition coefficient (Wildman–Crippen LogP) is 5.56. The topological polar surface area (TPSA) is 69.0 Å². The second-order valence-corrected chi connectivity index (χ2v) is 9.21. The standard InChI is InChI=1S/C22H18BrFN4O2S/c1-3-30-13-5-7-17-18(9-13)31-22(25-17)28-21-20(11(2)27-28)15(10-19(29)26-21)14-8-12(23)4-6-16(14)24/h4-9,15H,3,10H2,1-2H3,(H,26,29). The number of fused-ring (bicyclic) bond motifs is 2. The van der Waals surface area contributed by atoms with Gasteiger partial charge < -0.3 is 10.1 Å². The fraction of sp³-hybridized carbons (Fsp3) is 0.227. The van der Waals surface area contributed by atoms with Crippen LogP contribution >= 0.6 is 27.3 Å². The second-order valence-electron chi connectivity index (χ2n) is 7.29. The maximum atomic E-state index is 14.7. The van der Waals surface area contributed by atoms with Gasteiger partial charge in [-0.3, -0.25) is 4.79 Å². The molecular weight excluding hydrogens is 483 g/mol. The Morgan fingerprint density at radius 3 is 2.97 bits per heavy atom. The van der Waals surface area contributed by atoms with E-state index in [0.29, 0.717) is 23.1 Å². The monoisotopic (exact) mass is 500 g/mol. The third-order valence-electron chi connectivity index (χ3n) is 5.28. The predicted molar refractivity (Wildman–Crippen MR) is 122 cm³/mol. The van der Waals surface area contributed by atoms with Crippen LogP contribution in [0.15, 0.2) is 40.9 Å². The van der Waals surface area contributed by atoms with Gasteiger partial charge in [0.15, 0.2) is 0 Å². The number of carbonyl (C=O) groups excluding carboxylic acids is 1. The van der Waals surface area contributed by atoms with Crippen LogP contribution in [0.3, 0.4) is 0 Å². The zero-order chi connectivity index (χ0) is 21.7. The summed E-state index contributed by atoms with van der Waals surface area (Å²) in [6.07, 6.45) is 0.157. The summed E-state index contributed by atoms with van der Waals surface area (Å²) in [5, 5.41) is 8.22. The summed E-state index contributed by atoms with van der Waals surface area (Å²) >= 11 is 4.87. The minimum absolute atomic E-state index is 0.157. The van der Waals surface area contributed by atoms with Crippen molar-refractivity contribution in [1.29, 1.82) is 0 Å². The Morgan fingerprint density at radius 2 is 2.16 bits per heavy atom. The van der Waals surface area contributed by atoms with E-state index >= 15 is 0 Å². The van der Waals surface area contributed by atoms with Crippen LogP contribution in [0, 0.1) is 12.7 Å². The van der Waals surface area contributed by atoms with E-state index in [9.17, 15) is 9.18 Å². The first-order chi connectivity index (χ1) is 14.9. The highest BCUT2D eigenvalue weighted by molar-refractivity contribution is 9.10. The molecule has 9 heteroatoms. The van der Waals surface area contributed by atoms with Gasteiger partial charge in [0.25, 0.3) is 0 Å². The molecule has 158 valence electrons. The first kappa shape index (κ1) is 20.1. The molecule has 1 aliphatic heterocycles. The van der Waals surface area contributed by atoms with Crippen molar-refractivity contribution in [2.75, 3.05) is 11.9 Å². The second kappa shape index (κ2) is 7.72. The van der Waals surface area contributed by atoms with Gasteiger partial charge >= 0.3 is 0 Å². The molecule has 6 nitrogen and oxygen atoms in total. The van der Waals surface area contributed by atoms with Crippen molar-refractivity contribution < 1.29 is 13.9 Å². The van der Waals surface area contributed by atoms with Gasteiger partial charge in [0.2, 0.25) is 11.0 Å². The van der Waals surface area contributed by atoms with Gasteiger partial charge in [-0.1, -0.05) is 27.3 Å². The van der Waals surface area contributed by atoms with Crippen LogP contribution in [-0.2, 0) is 4.79 Å². The number of halogens is 2. The van der Waals surface area contributed by atoms with E-state index in [1.807, 2.05) is 32.0 Å². The number of thiazole rings is 1. The molecule has 31 heavy (non-hydrogen) atoms. The van der Waals surface area contributed by atoms with Crippen LogP contribution in [0.2, 0.25) is 0 Å². The van der Waals surface area contributed by atoms with E-state index in [1.54, 1.807) is 16.8 Å². The highest BCUT2D eigenvalue weighted by Crippen LogP contribution is 2.42. The summed E-state index contributed by atoms with van der Waals surface area (Å²) in [6, 6.07) is 10.5. The van der Waals surface area contributed by atoms with Crippen molar-refractivity contribution in [3.8, 4) is 10.9 Å². The van der Waals surface area contributed by atoms with Crippen LogP contribution in [0.4, 0.5) is 10.2 Å². The molecule has 4 aromatic rings. The Hall–Kier alpha value is -2.78. The third-order valence-corrected chi connectivity index (χ3v) is 6.76. The number of aromatic nitrogens is 3. The van der Waals surface area contributed by atoms with Gasteiger partial charge in [-0.15, -0.1) is 0 Å². The number of hydrogen-bond acceptors (Lipinski definition) is 5. The van der Waals surface area contributed by atoms with E-state index < -0.39 is 5.92 Å². The fourth-order valence-corrected chi connectivity index (χ4v) is 5.30. The number of aryl methyl sites for hydroxylation is 1. The van der Waals surface area contributed by atoms with Crippen LogP contribution in [0.25, 0.3) is 15.3 Å². The molecule has 0 saturated carbocycles. The number of amides is 1. The molecule has 0 radical (unpaired) electrons. The van der Waals surface area contributed by atoms with Crippen LogP contribution in [-0.4, -0.2) is 27.3 Å². The summed E-state index contributed by atoms with van der Waals surface area (Å²) in [4.78, 5) is 17.3. The van der Waals surface area contributed by atoms with E-state index in [1.165, 1.54) is 17.4 Å². The third kappa shape index (κ3) is 3.51. The number of nitrogens with zero attached hydrogens (tertiary/aromatic N) is 3. The average molecular weight is 501 g/mol. The van der Waals surface area contributed by atoms with E-state index in [2.05, 4.69) is 26.3 Å². The molecule has 1 unspecified atom stereocenters. The zero-order valence-electron chi connectivity index (χ0n) is 16.8. The number of rotatable bonds is 4. The highest BCUT2D eigenvalue weighted by atomic mass is 79.9. The molecule has 0 spiro atoms. The summed E-state index contributed by atoms with van der Waals surface area (Å²) in [5.74, 6) is 0.376. The van der Waals surface area contributed by atoms with Crippen molar-refractivity contribution in [3.05, 3.63) is 63.5 Å². The van der Waals surface area contributed by atoms with Gasteiger partial charge in [0.1, 0.15) is 17.4 Å². The molecule has 1 atom stereocenters. The number of benzene rings is 2. The minimum atomic E-state index is -0.422. The van der Waals surface area contributed by atoms with Crippen molar-refractivity contribution in [3.63, 3.8) is 0 Å². The largest absolute Gasteiger partial charge is 0.494 e. The number of nitrogens with one attached hydrogen (secondary N) is 1. The number of ether oxygens (including phenoxy) is 1. The summed E-state index contributed by atoms with van der Waals surface area (Å²) in [5.41, 5.74) is 2.83. The van der Waals surface area contributed by atoms with Crippen LogP contribution < -0.4 is 10.1 Å². The molecule has 5 rings (SSSR count). The Bertz CT molecular complexity index is 1330. The molecular formula is C22H18BrFN4O2S. The molecule has 3 heterocycles. The Balaban J connectivity index is 1.64. The molecule has 0 fully saturated rings. The molecule has 2 aromatic carbocycles. The van der Waals surface area contributed by atoms with E-state index in [0.717, 1.165) is 31.7 Å². The van der Waals surface area contributed by atoms with Gasteiger partial charge in [-0.2, -0.15) is 9.78 Å². The smallest absolute Gasteiger partial charge is 0.226 e. The molecule has 0 aliphatic carbocycles. The van der Waals surface area contributed by atoms with Crippen molar-refractivity contribution >= 4 is 49.2 Å². The number of carbonyl (C=O) groups is 1. The minimum Gasteiger partial charge on any atom is -0.494 e. The first-order valence-corrected chi connectivity index (χ1v) is 11.4. The number of hydrogen-bond donors (Lipinski definition) is 1. The molecule has 1 aliphatic rings. The van der Waals surface area contributed by atoms with Gasteiger partial charge in [0.05, 0.1) is 22.5 Å². The molecule has 0 saturated heterocycles. The lowest BCUT2D eigenvalue weighted by Gasteiger charge is -2.24. The summed E-state index contributed by atoms with van der Waals surface area (Å²) in [7, 11) is 0. The zero-order valence-corrected chi connectivity index (χ0v) is 19.2. The maximum absolute atomic E-state index is 14.7. The molecule has 0 bridgehead atoms. The highest BCUT2D eigenvalue weighted by Gasteiger charge is 2.34. The first-order valence-electron chi connectivity index (χ1n) is 9.82. The van der Waals surface area contributed by atoms with Crippen LogP contribution in [0.1, 0.15) is 36.1 Å². The quantitative estimate of drug-likeness (QED) is 0.397. The SMILES string of the molecule is CCOc1ccc2nc(-n3nc(C)c4c3NC(=O)CC4c3cc(Br)ccc3F)sc2c1. The van der Waals surface area contributed by atoms with Crippen molar-refractivity contribution in [2.45, 2.75) is 26.2 Å². The van der Waals surface area contributed by atoms with E-state index in [4.69, 9.17) is 9.72 Å². The number of anilines is 1. The summed E-state index contributed by atoms with van der Waals surface area (Å²) in [6.45, 7) is 4.40. The molecule has 2 aromatic heterocycles.